The van der Waals surface area contributed by atoms with E-state index in [1.807, 2.05) is 0 Å². The fourth-order valence-electron chi connectivity index (χ4n) is 1.82. The summed E-state index contributed by atoms with van der Waals surface area (Å²) in [6.45, 7) is 6.26. The number of hydrogen-bond acceptors (Lipinski definition) is 3. The lowest BCUT2D eigenvalue weighted by Gasteiger charge is -2.39. The van der Waals surface area contributed by atoms with Crippen LogP contribution >= 0.6 is 0 Å². The summed E-state index contributed by atoms with van der Waals surface area (Å²) in [5.74, 6) is 0. The molecule has 0 aromatic carbocycles. The van der Waals surface area contributed by atoms with Crippen LogP contribution in [-0.2, 0) is 4.74 Å². The van der Waals surface area contributed by atoms with E-state index < -0.39 is 12.8 Å². The number of halogens is 3. The number of rotatable bonds is 4. The molecule has 0 atom stereocenters. The quantitative estimate of drug-likeness (QED) is 0.748. The zero-order valence-electron chi connectivity index (χ0n) is 9.73. The molecular weight excluding hydrogens is 221 g/mol. The Kier molecular flexibility index (Phi) is 4.58. The van der Waals surface area contributed by atoms with E-state index in [4.69, 9.17) is 0 Å². The highest BCUT2D eigenvalue weighted by atomic mass is 19.4. The summed E-state index contributed by atoms with van der Waals surface area (Å²) in [5, 5.41) is 3.34. The lowest BCUT2D eigenvalue weighted by atomic mass is 10.0. The Labute approximate surface area is 93.9 Å². The molecule has 3 nitrogen and oxygen atoms in total. The summed E-state index contributed by atoms with van der Waals surface area (Å²) in [4.78, 5) is 2.12. The summed E-state index contributed by atoms with van der Waals surface area (Å²) in [7, 11) is 0. The Hall–Kier alpha value is -0.330. The summed E-state index contributed by atoms with van der Waals surface area (Å²) in [6, 6.07) is 0. The molecule has 6 heteroatoms. The van der Waals surface area contributed by atoms with E-state index in [2.05, 4.69) is 28.8 Å². The molecule has 0 aliphatic carbocycles. The van der Waals surface area contributed by atoms with E-state index in [1.54, 1.807) is 0 Å². The molecule has 0 spiro atoms. The molecule has 0 unspecified atom stereocenters. The molecule has 96 valence electrons. The van der Waals surface area contributed by atoms with E-state index in [0.717, 1.165) is 19.6 Å². The van der Waals surface area contributed by atoms with Crippen molar-refractivity contribution in [2.24, 2.45) is 0 Å². The van der Waals surface area contributed by atoms with Gasteiger partial charge < -0.3 is 10.1 Å². The maximum Gasteiger partial charge on any atom is 0.411 e. The summed E-state index contributed by atoms with van der Waals surface area (Å²) in [6.07, 6.45) is -4.22. The molecule has 1 rings (SSSR count). The molecule has 0 aromatic rings. The van der Waals surface area contributed by atoms with Crippen molar-refractivity contribution < 1.29 is 17.9 Å². The fraction of sp³-hybridized carbons (Fsp3) is 1.00. The van der Waals surface area contributed by atoms with Crippen LogP contribution in [0.25, 0.3) is 0 Å². The average Bonchev–Trinajstić information content (AvgIpc) is 2.09. The Morgan fingerprint density at radius 1 is 1.38 bits per heavy atom. The molecule has 1 fully saturated rings. The molecule has 1 heterocycles. The maximum absolute atomic E-state index is 11.8. The van der Waals surface area contributed by atoms with Crippen LogP contribution in [0.1, 0.15) is 13.8 Å². The van der Waals surface area contributed by atoms with Gasteiger partial charge in [0.2, 0.25) is 0 Å². The minimum Gasteiger partial charge on any atom is -0.371 e. The van der Waals surface area contributed by atoms with Gasteiger partial charge in [-0.15, -0.1) is 0 Å². The number of piperazine rings is 1. The van der Waals surface area contributed by atoms with Crippen LogP contribution in [0.15, 0.2) is 0 Å². The predicted molar refractivity (Wildman–Crippen MR) is 55.4 cm³/mol. The minimum absolute atomic E-state index is 0.0300. The second-order valence-corrected chi connectivity index (χ2v) is 4.75. The first kappa shape index (κ1) is 13.7. The third kappa shape index (κ3) is 5.67. The van der Waals surface area contributed by atoms with Gasteiger partial charge in [0.15, 0.2) is 0 Å². The summed E-state index contributed by atoms with van der Waals surface area (Å²) < 4.78 is 40.0. The van der Waals surface area contributed by atoms with Gasteiger partial charge in [0.05, 0.1) is 6.61 Å². The first-order valence-corrected chi connectivity index (χ1v) is 5.40. The Morgan fingerprint density at radius 3 is 2.62 bits per heavy atom. The SMILES string of the molecule is CC1(C)CN(CCOCC(F)(F)F)CCN1. The standard InChI is InChI=1S/C10H19F3N2O/c1-9(2)7-15(4-3-14-9)5-6-16-8-10(11,12)13/h14H,3-8H2,1-2H3. The Bertz CT molecular complexity index is 219. The van der Waals surface area contributed by atoms with Crippen molar-refractivity contribution >= 4 is 0 Å². The highest BCUT2D eigenvalue weighted by Crippen LogP contribution is 2.14. The number of nitrogens with one attached hydrogen (secondary N) is 1. The van der Waals surface area contributed by atoms with E-state index in [-0.39, 0.29) is 12.1 Å². The molecule has 0 bridgehead atoms. The van der Waals surface area contributed by atoms with Crippen LogP contribution in [0.2, 0.25) is 0 Å². The van der Waals surface area contributed by atoms with Crippen molar-refractivity contribution in [1.29, 1.82) is 0 Å². The van der Waals surface area contributed by atoms with Crippen LogP contribution in [0, 0.1) is 0 Å². The van der Waals surface area contributed by atoms with Crippen molar-refractivity contribution in [3.63, 3.8) is 0 Å². The van der Waals surface area contributed by atoms with Crippen molar-refractivity contribution in [2.45, 2.75) is 25.6 Å². The molecule has 16 heavy (non-hydrogen) atoms. The van der Waals surface area contributed by atoms with Gasteiger partial charge in [0, 0.05) is 31.7 Å². The van der Waals surface area contributed by atoms with Gasteiger partial charge in [-0.3, -0.25) is 4.90 Å². The van der Waals surface area contributed by atoms with Crippen molar-refractivity contribution in [3.05, 3.63) is 0 Å². The Morgan fingerprint density at radius 2 is 2.06 bits per heavy atom. The average molecular weight is 240 g/mol. The first-order chi connectivity index (χ1) is 7.29. The summed E-state index contributed by atoms with van der Waals surface area (Å²) in [5.41, 5.74) is 0.0300. The second kappa shape index (κ2) is 5.33. The van der Waals surface area contributed by atoms with Gasteiger partial charge in [0.1, 0.15) is 6.61 Å². The van der Waals surface area contributed by atoms with Gasteiger partial charge in [-0.1, -0.05) is 0 Å². The monoisotopic (exact) mass is 240 g/mol. The number of hydrogen-bond donors (Lipinski definition) is 1. The van der Waals surface area contributed by atoms with Crippen LogP contribution in [0.3, 0.4) is 0 Å². The number of alkyl halides is 3. The molecule has 1 saturated heterocycles. The molecule has 1 N–H and O–H groups in total. The molecular formula is C10H19F3N2O. The summed E-state index contributed by atoms with van der Waals surface area (Å²) >= 11 is 0. The zero-order chi connectivity index (χ0) is 12.2. The smallest absolute Gasteiger partial charge is 0.371 e. The van der Waals surface area contributed by atoms with Crippen molar-refractivity contribution in [1.82, 2.24) is 10.2 Å². The second-order valence-electron chi connectivity index (χ2n) is 4.75. The maximum atomic E-state index is 11.8. The third-order valence-electron chi connectivity index (χ3n) is 2.47. The van der Waals surface area contributed by atoms with Crippen molar-refractivity contribution in [2.75, 3.05) is 39.4 Å². The Balaban J connectivity index is 2.13. The van der Waals surface area contributed by atoms with E-state index in [0.29, 0.717) is 6.54 Å². The highest BCUT2D eigenvalue weighted by Gasteiger charge is 2.28. The van der Waals surface area contributed by atoms with Gasteiger partial charge >= 0.3 is 6.18 Å². The van der Waals surface area contributed by atoms with Gasteiger partial charge in [-0.25, -0.2) is 0 Å². The lowest BCUT2D eigenvalue weighted by molar-refractivity contribution is -0.174. The van der Waals surface area contributed by atoms with E-state index >= 15 is 0 Å². The predicted octanol–water partition coefficient (Wildman–Crippen LogP) is 1.25. The molecule has 0 amide bonds. The van der Waals surface area contributed by atoms with Gasteiger partial charge in [-0.2, -0.15) is 13.2 Å². The first-order valence-electron chi connectivity index (χ1n) is 5.40. The van der Waals surface area contributed by atoms with E-state index in [1.165, 1.54) is 0 Å². The topological polar surface area (TPSA) is 24.5 Å². The lowest BCUT2D eigenvalue weighted by Crippen LogP contribution is -2.57. The van der Waals surface area contributed by atoms with Crippen LogP contribution in [0.4, 0.5) is 13.2 Å². The third-order valence-corrected chi connectivity index (χ3v) is 2.47. The van der Waals surface area contributed by atoms with E-state index in [9.17, 15) is 13.2 Å². The fourth-order valence-corrected chi connectivity index (χ4v) is 1.82. The molecule has 0 saturated carbocycles. The van der Waals surface area contributed by atoms with Gasteiger partial charge in [0.25, 0.3) is 0 Å². The van der Waals surface area contributed by atoms with Crippen LogP contribution in [-0.4, -0.2) is 56.0 Å². The van der Waals surface area contributed by atoms with Crippen LogP contribution in [0.5, 0.6) is 0 Å². The minimum atomic E-state index is -4.22. The molecule has 0 aromatic heterocycles. The molecule has 0 radical (unpaired) electrons. The van der Waals surface area contributed by atoms with Crippen molar-refractivity contribution in [3.8, 4) is 0 Å². The highest BCUT2D eigenvalue weighted by molar-refractivity contribution is 4.86. The van der Waals surface area contributed by atoms with Gasteiger partial charge in [-0.05, 0) is 13.8 Å². The normalized spacial score (nSPS) is 22.3. The molecule has 1 aliphatic rings. The number of ether oxygens (including phenoxy) is 1. The number of nitrogens with zero attached hydrogens (tertiary/aromatic N) is 1. The largest absolute Gasteiger partial charge is 0.411 e. The molecule has 1 aliphatic heterocycles. The zero-order valence-corrected chi connectivity index (χ0v) is 9.73. The van der Waals surface area contributed by atoms with Crippen LogP contribution < -0.4 is 5.32 Å².